The summed E-state index contributed by atoms with van der Waals surface area (Å²) >= 11 is 0. The monoisotopic (exact) mass is 730 g/mol. The summed E-state index contributed by atoms with van der Waals surface area (Å²) in [4.78, 5) is 27.7. The topological polar surface area (TPSA) is 43.5 Å². The van der Waals surface area contributed by atoms with E-state index in [4.69, 9.17) is 0 Å². The molecule has 1 aliphatic rings. The fraction of sp³-hybridized carbons (Fsp3) is 0.0566. The zero-order valence-corrected chi connectivity index (χ0v) is 31.4. The van der Waals surface area contributed by atoms with Crippen LogP contribution in [0.15, 0.2) is 179 Å². The molecule has 0 saturated heterocycles. The van der Waals surface area contributed by atoms with Crippen LogP contribution in [0.25, 0.3) is 98.7 Å². The van der Waals surface area contributed by atoms with Crippen LogP contribution in [0.2, 0.25) is 0 Å². The van der Waals surface area contributed by atoms with Crippen LogP contribution in [0.3, 0.4) is 0 Å². The Morgan fingerprint density at radius 1 is 0.386 bits per heavy atom. The number of pyridine rings is 2. The van der Waals surface area contributed by atoms with Crippen LogP contribution in [-0.4, -0.2) is 8.97 Å². The highest BCUT2D eigenvalue weighted by Crippen LogP contribution is 2.51. The van der Waals surface area contributed by atoms with Crippen LogP contribution in [-0.2, 0) is 5.41 Å². The molecule has 0 spiro atoms. The maximum atomic E-state index is 13.9. The molecule has 0 saturated carbocycles. The molecular formula is C53H34N2O2. The minimum absolute atomic E-state index is 0.105. The number of rotatable bonds is 3. The molecule has 0 N–H and O–H groups in total. The van der Waals surface area contributed by atoms with E-state index in [9.17, 15) is 9.59 Å². The van der Waals surface area contributed by atoms with E-state index in [-0.39, 0.29) is 16.5 Å². The fourth-order valence-corrected chi connectivity index (χ4v) is 9.94. The lowest BCUT2D eigenvalue weighted by Crippen LogP contribution is -2.27. The molecule has 0 unspecified atom stereocenters. The number of fused-ring (bicyclic) bond motifs is 10. The third-order valence-corrected chi connectivity index (χ3v) is 12.6. The molecule has 4 heteroatoms. The molecule has 0 fully saturated rings. The van der Waals surface area contributed by atoms with Crippen molar-refractivity contribution in [2.24, 2.45) is 0 Å². The Morgan fingerprint density at radius 3 is 1.65 bits per heavy atom. The van der Waals surface area contributed by atoms with Gasteiger partial charge in [-0.1, -0.05) is 123 Å². The van der Waals surface area contributed by atoms with Gasteiger partial charge in [-0.05, 0) is 116 Å². The van der Waals surface area contributed by atoms with E-state index in [1.165, 1.54) is 48.5 Å². The molecule has 0 aliphatic heterocycles. The molecule has 11 aromatic rings. The second kappa shape index (κ2) is 11.4. The van der Waals surface area contributed by atoms with Gasteiger partial charge in [0.05, 0.1) is 16.6 Å². The molecule has 1 aliphatic carbocycles. The van der Waals surface area contributed by atoms with Crippen molar-refractivity contribution in [3.05, 3.63) is 202 Å². The molecule has 0 atom stereocenters. The van der Waals surface area contributed by atoms with E-state index in [1.807, 2.05) is 48.5 Å². The zero-order valence-electron chi connectivity index (χ0n) is 31.4. The van der Waals surface area contributed by atoms with Crippen molar-refractivity contribution < 1.29 is 0 Å². The third-order valence-electron chi connectivity index (χ3n) is 12.6. The molecule has 0 bridgehead atoms. The van der Waals surface area contributed by atoms with E-state index >= 15 is 0 Å². The zero-order chi connectivity index (χ0) is 38.2. The van der Waals surface area contributed by atoms with Gasteiger partial charge in [-0.25, -0.2) is 4.40 Å². The van der Waals surface area contributed by atoms with Crippen molar-refractivity contribution in [2.45, 2.75) is 19.3 Å². The Labute approximate surface area is 327 Å². The van der Waals surface area contributed by atoms with E-state index in [2.05, 4.69) is 140 Å². The molecule has 12 rings (SSSR count). The van der Waals surface area contributed by atoms with Crippen LogP contribution in [0, 0.1) is 0 Å². The average molecular weight is 731 g/mol. The van der Waals surface area contributed by atoms with Crippen LogP contribution in [0.5, 0.6) is 0 Å². The Kier molecular flexibility index (Phi) is 6.38. The summed E-state index contributed by atoms with van der Waals surface area (Å²) in [6.45, 7) is 4.68. The van der Waals surface area contributed by atoms with Crippen LogP contribution in [0.1, 0.15) is 25.0 Å². The molecule has 4 nitrogen and oxygen atoms in total. The van der Waals surface area contributed by atoms with E-state index in [1.54, 1.807) is 0 Å². The molecule has 57 heavy (non-hydrogen) atoms. The second-order valence-electron chi connectivity index (χ2n) is 16.0. The maximum Gasteiger partial charge on any atom is 0.266 e. The first-order chi connectivity index (χ1) is 27.9. The summed E-state index contributed by atoms with van der Waals surface area (Å²) in [6.07, 6.45) is 0. The highest BCUT2D eigenvalue weighted by atomic mass is 16.2. The molecule has 0 radical (unpaired) electrons. The van der Waals surface area contributed by atoms with Gasteiger partial charge in [0.25, 0.3) is 11.1 Å². The third kappa shape index (κ3) is 4.33. The number of aromatic nitrogens is 2. The van der Waals surface area contributed by atoms with Crippen molar-refractivity contribution in [1.82, 2.24) is 8.97 Å². The first kappa shape index (κ1) is 32.0. The van der Waals surface area contributed by atoms with Gasteiger partial charge in [-0.2, -0.15) is 0 Å². The van der Waals surface area contributed by atoms with Crippen molar-refractivity contribution in [1.29, 1.82) is 0 Å². The Bertz CT molecular complexity index is 3560. The Morgan fingerprint density at radius 2 is 0.947 bits per heavy atom. The van der Waals surface area contributed by atoms with E-state index < -0.39 is 0 Å². The lowest BCUT2D eigenvalue weighted by atomic mass is 9.82. The summed E-state index contributed by atoms with van der Waals surface area (Å²) in [6, 6.07) is 59.5. The minimum Gasteiger partial charge on any atom is -0.309 e. The molecule has 3 aromatic heterocycles. The van der Waals surface area contributed by atoms with Gasteiger partial charge in [-0.3, -0.25) is 9.59 Å². The predicted molar refractivity (Wildman–Crippen MR) is 236 cm³/mol. The van der Waals surface area contributed by atoms with Crippen molar-refractivity contribution >= 4 is 59.6 Å². The van der Waals surface area contributed by atoms with Gasteiger partial charge >= 0.3 is 0 Å². The number of para-hydroxylation sites is 1. The average Bonchev–Trinajstić information content (AvgIpc) is 3.70. The van der Waals surface area contributed by atoms with Crippen LogP contribution < -0.4 is 11.1 Å². The quantitative estimate of drug-likeness (QED) is 0.134. The summed E-state index contributed by atoms with van der Waals surface area (Å²) in [7, 11) is 0. The van der Waals surface area contributed by atoms with Crippen LogP contribution >= 0.6 is 0 Å². The fourth-order valence-electron chi connectivity index (χ4n) is 9.94. The van der Waals surface area contributed by atoms with Gasteiger partial charge < -0.3 is 4.57 Å². The van der Waals surface area contributed by atoms with Gasteiger partial charge in [0, 0.05) is 43.4 Å². The molecule has 0 amide bonds. The first-order valence-corrected chi connectivity index (χ1v) is 19.5. The highest BCUT2D eigenvalue weighted by Gasteiger charge is 2.36. The smallest absolute Gasteiger partial charge is 0.266 e. The normalized spacial score (nSPS) is 13.4. The van der Waals surface area contributed by atoms with E-state index in [0.717, 1.165) is 49.5 Å². The number of benzene rings is 8. The van der Waals surface area contributed by atoms with Gasteiger partial charge in [0.2, 0.25) is 0 Å². The largest absolute Gasteiger partial charge is 0.309 e. The number of hydrogen-bond acceptors (Lipinski definition) is 2. The molecular weight excluding hydrogens is 697 g/mol. The highest BCUT2D eigenvalue weighted by molar-refractivity contribution is 6.19. The van der Waals surface area contributed by atoms with Crippen molar-refractivity contribution in [2.75, 3.05) is 0 Å². The van der Waals surface area contributed by atoms with Crippen LogP contribution in [0.4, 0.5) is 0 Å². The van der Waals surface area contributed by atoms with Gasteiger partial charge in [-0.15, -0.1) is 0 Å². The number of nitrogens with zero attached hydrogens (tertiary/aromatic N) is 2. The summed E-state index contributed by atoms with van der Waals surface area (Å²) < 4.78 is 3.80. The standard InChI is InChI=1S/C53H34N2O2/c1-53(2)46-23-9-7-19-38(46)42-29-43-39-20-8-10-24-48(39)54(49(43)30-47(42)53)35-16-12-15-33(26-35)31-13-11-14-32(25-31)34-27-44-36-17-3-5-21-40(36)51(56)55-50(44)45(28-34)37-18-4-6-22-41(37)52(55)57/h3-30H,1-2H3. The lowest BCUT2D eigenvalue weighted by molar-refractivity contribution is 0.661. The molecule has 268 valence electrons. The minimum atomic E-state index is -0.282. The Balaban J connectivity index is 1.05. The molecule has 3 heterocycles. The Hall–Kier alpha value is -7.30. The van der Waals surface area contributed by atoms with Crippen molar-refractivity contribution in [3.8, 4) is 39.1 Å². The van der Waals surface area contributed by atoms with Crippen molar-refractivity contribution in [3.63, 3.8) is 0 Å². The van der Waals surface area contributed by atoms with Gasteiger partial charge in [0.15, 0.2) is 0 Å². The predicted octanol–water partition coefficient (Wildman–Crippen LogP) is 12.3. The summed E-state index contributed by atoms with van der Waals surface area (Å²) in [5.41, 5.74) is 13.2. The number of hydrogen-bond donors (Lipinski definition) is 0. The SMILES string of the molecule is CC1(C)c2ccccc2-c2cc3c4ccccc4n(-c4cccc(-c5cccc(-c6cc7c8ccccc8c(=O)n8c(=O)c9ccccc9c(c6)c78)c5)c4)c3cc21. The summed E-state index contributed by atoms with van der Waals surface area (Å²) in [5, 5.41) is 7.03. The first-order valence-electron chi connectivity index (χ1n) is 19.5. The van der Waals surface area contributed by atoms with Gasteiger partial charge in [0.1, 0.15) is 0 Å². The second-order valence-corrected chi connectivity index (χ2v) is 16.0. The maximum absolute atomic E-state index is 13.9. The molecule has 8 aromatic carbocycles. The lowest BCUT2D eigenvalue weighted by Gasteiger charge is -2.21. The summed E-state index contributed by atoms with van der Waals surface area (Å²) in [5.74, 6) is 0. The van der Waals surface area contributed by atoms with E-state index in [0.29, 0.717) is 16.3 Å².